The van der Waals surface area contributed by atoms with Gasteiger partial charge in [0.1, 0.15) is 12.4 Å². The molecule has 2 aliphatic heterocycles. The highest BCUT2D eigenvalue weighted by atomic mass is 16.5. The topological polar surface area (TPSA) is 55.8 Å². The van der Waals surface area contributed by atoms with Crippen LogP contribution in [0.3, 0.4) is 0 Å². The second kappa shape index (κ2) is 6.26. The Kier molecular flexibility index (Phi) is 4.20. The fourth-order valence-corrected chi connectivity index (χ4v) is 2.70. The van der Waals surface area contributed by atoms with Gasteiger partial charge in [-0.3, -0.25) is 9.59 Å². The van der Waals surface area contributed by atoms with Crippen LogP contribution in [0.2, 0.25) is 0 Å². The number of ketones is 1. The number of ether oxygens (including phenoxy) is 2. The molecule has 3 rings (SSSR count). The third-order valence-corrected chi connectivity index (χ3v) is 3.99. The monoisotopic (exact) mass is 289 g/mol. The summed E-state index contributed by atoms with van der Waals surface area (Å²) in [6.45, 7) is 2.03. The van der Waals surface area contributed by atoms with E-state index in [-0.39, 0.29) is 24.2 Å². The van der Waals surface area contributed by atoms with Gasteiger partial charge in [-0.25, -0.2) is 0 Å². The molecule has 0 saturated carbocycles. The van der Waals surface area contributed by atoms with E-state index in [2.05, 4.69) is 0 Å². The zero-order valence-electron chi connectivity index (χ0n) is 11.9. The van der Waals surface area contributed by atoms with Gasteiger partial charge < -0.3 is 14.4 Å². The second-order valence-corrected chi connectivity index (χ2v) is 5.46. The molecule has 21 heavy (non-hydrogen) atoms. The van der Waals surface area contributed by atoms with Crippen molar-refractivity contribution in [3.8, 4) is 5.75 Å². The number of hydrogen-bond donors (Lipinski definition) is 0. The molecule has 2 fully saturated rings. The van der Waals surface area contributed by atoms with Gasteiger partial charge in [0.05, 0.1) is 6.61 Å². The average molecular weight is 289 g/mol. The summed E-state index contributed by atoms with van der Waals surface area (Å²) < 4.78 is 10.7. The fourth-order valence-electron chi connectivity index (χ4n) is 2.70. The smallest absolute Gasteiger partial charge is 0.227 e. The van der Waals surface area contributed by atoms with Crippen LogP contribution in [-0.4, -0.2) is 38.1 Å². The molecule has 112 valence electrons. The normalized spacial score (nSPS) is 21.8. The first-order valence-electron chi connectivity index (χ1n) is 7.38. The lowest BCUT2D eigenvalue weighted by Gasteiger charge is -2.16. The van der Waals surface area contributed by atoms with Crippen LogP contribution in [-0.2, 0) is 14.3 Å². The summed E-state index contributed by atoms with van der Waals surface area (Å²) >= 11 is 0. The van der Waals surface area contributed by atoms with Crippen molar-refractivity contribution in [3.05, 3.63) is 24.3 Å². The number of hydrogen-bond acceptors (Lipinski definition) is 4. The van der Waals surface area contributed by atoms with Gasteiger partial charge in [0.15, 0.2) is 5.78 Å². The van der Waals surface area contributed by atoms with Crippen LogP contribution in [0.5, 0.6) is 5.75 Å². The van der Waals surface area contributed by atoms with E-state index in [1.165, 1.54) is 0 Å². The van der Waals surface area contributed by atoms with E-state index in [0.717, 1.165) is 25.1 Å². The second-order valence-electron chi connectivity index (χ2n) is 5.46. The van der Waals surface area contributed by atoms with Crippen molar-refractivity contribution in [2.24, 2.45) is 5.92 Å². The third kappa shape index (κ3) is 3.24. The first-order valence-corrected chi connectivity index (χ1v) is 7.38. The Labute approximate surface area is 123 Å². The Morgan fingerprint density at radius 1 is 1.33 bits per heavy atom. The van der Waals surface area contributed by atoms with Crippen molar-refractivity contribution in [1.82, 2.24) is 0 Å². The summed E-state index contributed by atoms with van der Waals surface area (Å²) in [4.78, 5) is 25.3. The zero-order valence-corrected chi connectivity index (χ0v) is 11.9. The van der Waals surface area contributed by atoms with E-state index in [0.29, 0.717) is 25.4 Å². The van der Waals surface area contributed by atoms with Crippen molar-refractivity contribution < 1.29 is 19.1 Å². The van der Waals surface area contributed by atoms with Crippen LogP contribution in [0.1, 0.15) is 19.3 Å². The lowest BCUT2D eigenvalue weighted by Crippen LogP contribution is -2.23. The highest BCUT2D eigenvalue weighted by Crippen LogP contribution is 2.24. The summed E-state index contributed by atoms with van der Waals surface area (Å²) in [5.41, 5.74) is 0.889. The highest BCUT2D eigenvalue weighted by molar-refractivity contribution is 5.95. The van der Waals surface area contributed by atoms with Crippen LogP contribution in [0.15, 0.2) is 24.3 Å². The molecule has 0 N–H and O–H groups in total. The van der Waals surface area contributed by atoms with Crippen LogP contribution >= 0.6 is 0 Å². The molecule has 5 nitrogen and oxygen atoms in total. The molecule has 1 aromatic rings. The molecule has 2 aliphatic rings. The number of amides is 1. The number of nitrogens with zero attached hydrogens (tertiary/aromatic N) is 1. The molecule has 1 unspecified atom stereocenters. The van der Waals surface area contributed by atoms with E-state index in [1.54, 1.807) is 17.0 Å². The number of anilines is 1. The predicted octanol–water partition coefficient (Wildman–Crippen LogP) is 1.80. The summed E-state index contributed by atoms with van der Waals surface area (Å²) in [7, 11) is 0. The van der Waals surface area contributed by atoms with Gasteiger partial charge in [0.25, 0.3) is 0 Å². The molecule has 0 aliphatic carbocycles. The molecule has 0 aromatic heterocycles. The maximum absolute atomic E-state index is 11.9. The largest absolute Gasteiger partial charge is 0.486 e. The van der Waals surface area contributed by atoms with Gasteiger partial charge in [-0.2, -0.15) is 0 Å². The van der Waals surface area contributed by atoms with E-state index in [4.69, 9.17) is 9.47 Å². The number of benzene rings is 1. The zero-order chi connectivity index (χ0) is 14.7. The number of carbonyl (C=O) groups excluding carboxylic acids is 2. The van der Waals surface area contributed by atoms with Gasteiger partial charge in [0.2, 0.25) is 5.91 Å². The Morgan fingerprint density at radius 3 is 2.76 bits per heavy atom. The minimum Gasteiger partial charge on any atom is -0.486 e. The highest BCUT2D eigenvalue weighted by Gasteiger charge is 2.24. The summed E-state index contributed by atoms with van der Waals surface area (Å²) in [5.74, 6) is 0.885. The van der Waals surface area contributed by atoms with Crippen LogP contribution in [0.4, 0.5) is 5.69 Å². The summed E-state index contributed by atoms with van der Waals surface area (Å²) in [6.07, 6.45) is 2.32. The van der Waals surface area contributed by atoms with Gasteiger partial charge in [-0.1, -0.05) is 0 Å². The fraction of sp³-hybridized carbons (Fsp3) is 0.500. The number of Topliss-reactive ketones (excluding diaryl/α,β-unsaturated/α-hetero) is 1. The standard InChI is InChI=1S/C16H19NO4/c18-15(12-7-9-20-10-12)11-21-14-5-3-13(4-6-14)17-8-1-2-16(17)19/h3-6,12H,1-2,7-11H2. The molecule has 1 atom stereocenters. The Hall–Kier alpha value is -1.88. The number of carbonyl (C=O) groups is 2. The van der Waals surface area contributed by atoms with Crippen molar-refractivity contribution in [2.75, 3.05) is 31.3 Å². The molecule has 5 heteroatoms. The lowest BCUT2D eigenvalue weighted by atomic mass is 10.0. The van der Waals surface area contributed by atoms with Crippen molar-refractivity contribution >= 4 is 17.4 Å². The molecular formula is C16H19NO4. The van der Waals surface area contributed by atoms with E-state index in [9.17, 15) is 9.59 Å². The molecule has 1 amide bonds. The quantitative estimate of drug-likeness (QED) is 0.829. The average Bonchev–Trinajstić information content (AvgIpc) is 3.17. The minimum atomic E-state index is -0.0218. The van der Waals surface area contributed by atoms with Gasteiger partial charge in [-0.15, -0.1) is 0 Å². The van der Waals surface area contributed by atoms with E-state index in [1.807, 2.05) is 12.1 Å². The van der Waals surface area contributed by atoms with Crippen LogP contribution in [0.25, 0.3) is 0 Å². The van der Waals surface area contributed by atoms with Gasteiger partial charge in [0, 0.05) is 31.2 Å². The van der Waals surface area contributed by atoms with Gasteiger partial charge in [-0.05, 0) is 37.1 Å². The van der Waals surface area contributed by atoms with Crippen LogP contribution < -0.4 is 9.64 Å². The van der Waals surface area contributed by atoms with Crippen molar-refractivity contribution in [2.45, 2.75) is 19.3 Å². The maximum atomic E-state index is 11.9. The molecule has 0 bridgehead atoms. The summed E-state index contributed by atoms with van der Waals surface area (Å²) in [6, 6.07) is 7.34. The minimum absolute atomic E-state index is 0.0218. The van der Waals surface area contributed by atoms with Crippen molar-refractivity contribution in [3.63, 3.8) is 0 Å². The van der Waals surface area contributed by atoms with Gasteiger partial charge >= 0.3 is 0 Å². The SMILES string of the molecule is O=C(COc1ccc(N2CCCC2=O)cc1)C1CCOC1. The van der Waals surface area contributed by atoms with Crippen LogP contribution in [0, 0.1) is 5.92 Å². The Bertz CT molecular complexity index is 520. The molecule has 0 radical (unpaired) electrons. The molecule has 2 saturated heterocycles. The maximum Gasteiger partial charge on any atom is 0.227 e. The van der Waals surface area contributed by atoms with E-state index < -0.39 is 0 Å². The molecule has 0 spiro atoms. The predicted molar refractivity (Wildman–Crippen MR) is 77.5 cm³/mol. The molecular weight excluding hydrogens is 270 g/mol. The van der Waals surface area contributed by atoms with Crippen molar-refractivity contribution in [1.29, 1.82) is 0 Å². The lowest BCUT2D eigenvalue weighted by molar-refractivity contribution is -0.124. The third-order valence-electron chi connectivity index (χ3n) is 3.99. The first kappa shape index (κ1) is 14.1. The molecule has 1 aromatic carbocycles. The van der Waals surface area contributed by atoms with E-state index >= 15 is 0 Å². The summed E-state index contributed by atoms with van der Waals surface area (Å²) in [5, 5.41) is 0. The molecule has 2 heterocycles. The Morgan fingerprint density at radius 2 is 2.14 bits per heavy atom. The first-order chi connectivity index (χ1) is 10.2. The Balaban J connectivity index is 1.54. The number of rotatable bonds is 5.